The second kappa shape index (κ2) is 6.10. The molecule has 1 aromatic carbocycles. The molecule has 0 spiro atoms. The molecule has 1 aromatic heterocycles. The Kier molecular flexibility index (Phi) is 4.23. The van der Waals surface area contributed by atoms with Crippen molar-refractivity contribution in [3.05, 3.63) is 43.8 Å². The molecule has 1 saturated carbocycles. The number of halogens is 3. The van der Waals surface area contributed by atoms with Crippen LogP contribution in [0.15, 0.2) is 18.2 Å². The zero-order chi connectivity index (χ0) is 18.4. The molecule has 132 valence electrons. The number of aryl methyl sites for hydroxylation is 1. The van der Waals surface area contributed by atoms with Gasteiger partial charge >= 0.3 is 6.18 Å². The summed E-state index contributed by atoms with van der Waals surface area (Å²) in [5, 5.41) is 11.3. The Morgan fingerprint density at radius 1 is 1.40 bits per heavy atom. The molecule has 1 fully saturated rings. The van der Waals surface area contributed by atoms with Gasteiger partial charge in [0.15, 0.2) is 5.78 Å². The monoisotopic (exact) mass is 372 g/mol. The highest BCUT2D eigenvalue weighted by atomic mass is 32.1. The third-order valence-corrected chi connectivity index (χ3v) is 4.53. The molecular formula is C15H11F3N2O4S. The number of nitro groups is 1. The first-order chi connectivity index (χ1) is 11.7. The van der Waals surface area contributed by atoms with Gasteiger partial charge < -0.3 is 4.74 Å². The summed E-state index contributed by atoms with van der Waals surface area (Å²) in [7, 11) is 0. The Balaban J connectivity index is 1.96. The van der Waals surface area contributed by atoms with Crippen LogP contribution in [0.25, 0.3) is 0 Å². The van der Waals surface area contributed by atoms with E-state index in [1.54, 1.807) is 6.92 Å². The maximum atomic E-state index is 13.0. The molecule has 0 aliphatic heterocycles. The van der Waals surface area contributed by atoms with Crippen LogP contribution in [0, 0.1) is 23.0 Å². The van der Waals surface area contributed by atoms with E-state index in [-0.39, 0.29) is 28.2 Å². The van der Waals surface area contributed by atoms with Crippen molar-refractivity contribution in [2.24, 2.45) is 5.92 Å². The van der Waals surface area contributed by atoms with Crippen molar-refractivity contribution in [2.45, 2.75) is 25.9 Å². The average molecular weight is 372 g/mol. The second-order valence-electron chi connectivity index (χ2n) is 5.54. The van der Waals surface area contributed by atoms with E-state index in [4.69, 9.17) is 4.74 Å². The van der Waals surface area contributed by atoms with E-state index in [2.05, 4.69) is 4.98 Å². The Morgan fingerprint density at radius 3 is 2.64 bits per heavy atom. The van der Waals surface area contributed by atoms with Crippen LogP contribution < -0.4 is 4.74 Å². The van der Waals surface area contributed by atoms with E-state index >= 15 is 0 Å². The number of ether oxygens (including phenoxy) is 1. The third-order valence-electron chi connectivity index (χ3n) is 3.56. The van der Waals surface area contributed by atoms with E-state index in [0.717, 1.165) is 36.3 Å². The highest BCUT2D eigenvalue weighted by Crippen LogP contribution is 2.41. The highest BCUT2D eigenvalue weighted by molar-refractivity contribution is 7.14. The number of aromatic nitrogens is 1. The zero-order valence-electron chi connectivity index (χ0n) is 12.8. The minimum atomic E-state index is -4.91. The fourth-order valence-electron chi connectivity index (χ4n) is 2.24. The first-order valence-corrected chi connectivity index (χ1v) is 8.03. The number of carbonyl (C=O) groups is 1. The van der Waals surface area contributed by atoms with Gasteiger partial charge in [-0.05, 0) is 25.8 Å². The van der Waals surface area contributed by atoms with Gasteiger partial charge in [0, 0.05) is 18.1 Å². The molecule has 2 aromatic rings. The zero-order valence-corrected chi connectivity index (χ0v) is 13.6. The number of carbonyl (C=O) groups excluding carboxylic acids is 1. The minimum absolute atomic E-state index is 0.0682. The lowest BCUT2D eigenvalue weighted by Gasteiger charge is -2.10. The first-order valence-electron chi connectivity index (χ1n) is 7.22. The number of hydrogen-bond acceptors (Lipinski definition) is 6. The maximum absolute atomic E-state index is 13.0. The van der Waals surface area contributed by atoms with Gasteiger partial charge in [0.1, 0.15) is 16.2 Å². The van der Waals surface area contributed by atoms with Crippen molar-refractivity contribution in [1.82, 2.24) is 4.98 Å². The molecule has 3 rings (SSSR count). The van der Waals surface area contributed by atoms with Gasteiger partial charge in [-0.1, -0.05) is 0 Å². The molecule has 0 radical (unpaired) electrons. The molecule has 0 amide bonds. The van der Waals surface area contributed by atoms with Crippen LogP contribution in [0.1, 0.15) is 33.1 Å². The summed E-state index contributed by atoms with van der Waals surface area (Å²) in [6, 6.07) is 2.31. The molecular weight excluding hydrogens is 361 g/mol. The van der Waals surface area contributed by atoms with Crippen molar-refractivity contribution < 1.29 is 27.6 Å². The number of nitrogens with zero attached hydrogens (tertiary/aromatic N) is 2. The Hall–Kier alpha value is -2.49. The van der Waals surface area contributed by atoms with Gasteiger partial charge in [-0.15, -0.1) is 11.3 Å². The SMILES string of the molecule is Cc1nc(Oc2ccc([N+](=O)[O-])c(C(F)(F)F)c2)c(C(=O)C2CC2)s1. The lowest BCUT2D eigenvalue weighted by atomic mass is 10.1. The standard InChI is InChI=1S/C15H11F3N2O4S/c1-7-19-14(13(25-7)12(21)8-2-3-8)24-9-4-5-11(20(22)23)10(6-9)15(16,17)18/h4-6,8H,2-3H2,1H3. The quantitative estimate of drug-likeness (QED) is 0.429. The molecule has 0 N–H and O–H groups in total. The Labute approximate surface area is 143 Å². The fraction of sp³-hybridized carbons (Fsp3) is 0.333. The van der Waals surface area contributed by atoms with Crippen molar-refractivity contribution in [3.8, 4) is 11.6 Å². The normalized spacial score (nSPS) is 14.4. The predicted molar refractivity (Wildman–Crippen MR) is 82.1 cm³/mol. The van der Waals surface area contributed by atoms with Crippen LogP contribution in [0.5, 0.6) is 11.6 Å². The number of benzene rings is 1. The summed E-state index contributed by atoms with van der Waals surface area (Å²) in [6.45, 7) is 1.65. The molecule has 25 heavy (non-hydrogen) atoms. The highest BCUT2D eigenvalue weighted by Gasteiger charge is 2.39. The summed E-state index contributed by atoms with van der Waals surface area (Å²) in [5.74, 6) is -0.571. The third kappa shape index (κ3) is 3.63. The van der Waals surface area contributed by atoms with Gasteiger partial charge in [-0.25, -0.2) is 4.98 Å². The Morgan fingerprint density at radius 2 is 2.08 bits per heavy atom. The predicted octanol–water partition coefficient (Wildman–Crippen LogP) is 4.76. The molecule has 0 atom stereocenters. The molecule has 6 nitrogen and oxygen atoms in total. The fourth-order valence-corrected chi connectivity index (χ4v) is 3.11. The van der Waals surface area contributed by atoms with E-state index in [1.807, 2.05) is 0 Å². The van der Waals surface area contributed by atoms with Crippen molar-refractivity contribution in [3.63, 3.8) is 0 Å². The lowest BCUT2D eigenvalue weighted by Crippen LogP contribution is -2.09. The smallest absolute Gasteiger partial charge is 0.423 e. The summed E-state index contributed by atoms with van der Waals surface area (Å²) in [4.78, 5) is 26.2. The van der Waals surface area contributed by atoms with Gasteiger partial charge in [0.05, 0.1) is 9.93 Å². The molecule has 1 aliphatic carbocycles. The van der Waals surface area contributed by atoms with E-state index in [9.17, 15) is 28.1 Å². The number of rotatable bonds is 5. The van der Waals surface area contributed by atoms with E-state index in [0.29, 0.717) is 11.1 Å². The number of nitro benzene ring substituents is 1. The van der Waals surface area contributed by atoms with Gasteiger partial charge in [-0.2, -0.15) is 13.2 Å². The summed E-state index contributed by atoms with van der Waals surface area (Å²) in [5.41, 5.74) is -2.49. The number of hydrogen-bond donors (Lipinski definition) is 0. The molecule has 1 heterocycles. The average Bonchev–Trinajstić information content (AvgIpc) is 3.29. The molecule has 10 heteroatoms. The largest absolute Gasteiger partial charge is 0.437 e. The van der Waals surface area contributed by atoms with Gasteiger partial charge in [0.25, 0.3) is 5.69 Å². The number of thiazole rings is 1. The van der Waals surface area contributed by atoms with Crippen LogP contribution >= 0.6 is 11.3 Å². The number of ketones is 1. The van der Waals surface area contributed by atoms with Crippen LogP contribution in [0.2, 0.25) is 0 Å². The van der Waals surface area contributed by atoms with Crippen LogP contribution in [-0.4, -0.2) is 15.7 Å². The molecule has 0 saturated heterocycles. The van der Waals surface area contributed by atoms with Crippen molar-refractivity contribution >= 4 is 22.8 Å². The summed E-state index contributed by atoms with van der Waals surface area (Å²) >= 11 is 1.11. The van der Waals surface area contributed by atoms with Gasteiger partial charge in [0.2, 0.25) is 5.88 Å². The first kappa shape index (κ1) is 17.3. The Bertz CT molecular complexity index is 859. The number of alkyl halides is 3. The van der Waals surface area contributed by atoms with E-state index < -0.39 is 22.4 Å². The van der Waals surface area contributed by atoms with E-state index in [1.165, 1.54) is 0 Å². The van der Waals surface area contributed by atoms with Crippen LogP contribution in [0.3, 0.4) is 0 Å². The second-order valence-corrected chi connectivity index (χ2v) is 6.74. The molecule has 1 aliphatic rings. The minimum Gasteiger partial charge on any atom is -0.437 e. The van der Waals surface area contributed by atoms with Crippen molar-refractivity contribution in [2.75, 3.05) is 0 Å². The molecule has 0 unspecified atom stereocenters. The number of Topliss-reactive ketones (excluding diaryl/α,β-unsaturated/α-hetero) is 1. The van der Waals surface area contributed by atoms with Gasteiger partial charge in [-0.3, -0.25) is 14.9 Å². The summed E-state index contributed by atoms with van der Waals surface area (Å²) in [6.07, 6.45) is -3.37. The van der Waals surface area contributed by atoms with Crippen molar-refractivity contribution in [1.29, 1.82) is 0 Å². The molecule has 0 bridgehead atoms. The summed E-state index contributed by atoms with van der Waals surface area (Å²) < 4.78 is 44.4. The lowest BCUT2D eigenvalue weighted by molar-refractivity contribution is -0.388. The maximum Gasteiger partial charge on any atom is 0.423 e. The van der Waals surface area contributed by atoms with Crippen LogP contribution in [-0.2, 0) is 6.18 Å². The topological polar surface area (TPSA) is 82.3 Å². The van der Waals surface area contributed by atoms with Crippen LogP contribution in [0.4, 0.5) is 18.9 Å².